The van der Waals surface area contributed by atoms with Crippen LogP contribution in [0.3, 0.4) is 0 Å². The van der Waals surface area contributed by atoms with Gasteiger partial charge in [-0.3, -0.25) is 9.52 Å². The van der Waals surface area contributed by atoms with Gasteiger partial charge in [-0.05, 0) is 25.0 Å². The average molecular weight is 515 g/mol. The second kappa shape index (κ2) is 9.01. The third kappa shape index (κ3) is 5.87. The summed E-state index contributed by atoms with van der Waals surface area (Å²) in [6, 6.07) is 3.41. The lowest BCUT2D eigenvalue weighted by Gasteiger charge is -2.25. The van der Waals surface area contributed by atoms with E-state index in [9.17, 15) is 23.5 Å². The fourth-order valence-electron chi connectivity index (χ4n) is 3.22. The maximum atomic E-state index is 11.9. The van der Waals surface area contributed by atoms with E-state index in [2.05, 4.69) is 28.2 Å². The van der Waals surface area contributed by atoms with Crippen molar-refractivity contribution in [3.63, 3.8) is 0 Å². The molecule has 3 rings (SSSR count). The summed E-state index contributed by atoms with van der Waals surface area (Å²) in [4.78, 5) is 43.9. The zero-order chi connectivity index (χ0) is 23.8. The number of aromatic nitrogens is 3. The van der Waals surface area contributed by atoms with Crippen molar-refractivity contribution >= 4 is 41.0 Å². The monoisotopic (exact) mass is 515 g/mol. The largest absolute Gasteiger partial charge is 0.490 e. The minimum atomic E-state index is -5.60. The van der Waals surface area contributed by atoms with Gasteiger partial charge in [-0.25, -0.2) is 23.2 Å². The van der Waals surface area contributed by atoms with Gasteiger partial charge in [0.1, 0.15) is 17.4 Å². The Hall–Kier alpha value is -1.54. The van der Waals surface area contributed by atoms with E-state index in [-0.39, 0.29) is 5.82 Å². The van der Waals surface area contributed by atoms with Gasteiger partial charge in [0, 0.05) is 13.3 Å². The molecular weight excluding hydrogens is 495 g/mol. The van der Waals surface area contributed by atoms with Gasteiger partial charge in [0.25, 0.3) is 0 Å². The van der Waals surface area contributed by atoms with Gasteiger partial charge in [-0.15, -0.1) is 0 Å². The Morgan fingerprint density at radius 1 is 1.28 bits per heavy atom. The number of nitrogen functional groups attached to an aromatic ring is 1. The molecule has 178 valence electrons. The van der Waals surface area contributed by atoms with Crippen molar-refractivity contribution in [2.75, 3.05) is 19.4 Å². The summed E-state index contributed by atoms with van der Waals surface area (Å²) in [6.07, 6.45) is 2.69. The predicted molar refractivity (Wildman–Crippen MR) is 107 cm³/mol. The van der Waals surface area contributed by atoms with Crippen LogP contribution in [0.2, 0.25) is 0 Å². The molecule has 0 aliphatic carbocycles. The van der Waals surface area contributed by atoms with Gasteiger partial charge in [-0.2, -0.15) is 13.7 Å². The van der Waals surface area contributed by atoms with Crippen LogP contribution in [0.4, 0.5) is 5.82 Å². The van der Waals surface area contributed by atoms with Crippen molar-refractivity contribution in [1.82, 2.24) is 14.6 Å². The summed E-state index contributed by atoms with van der Waals surface area (Å²) < 4.78 is 53.6. The molecule has 3 heterocycles. The predicted octanol–water partition coefficient (Wildman–Crippen LogP) is 0.730. The lowest BCUT2D eigenvalue weighted by Crippen LogP contribution is -2.31. The van der Waals surface area contributed by atoms with Crippen LogP contribution in [0.1, 0.15) is 18.5 Å². The van der Waals surface area contributed by atoms with Gasteiger partial charge in [-0.1, -0.05) is 0 Å². The number of rotatable bonds is 9. The number of fused-ring (bicyclic) bond motifs is 1. The zero-order valence-electron chi connectivity index (χ0n) is 16.4. The number of aliphatic imine (C=N–C) groups is 1. The number of nitrogens with two attached hydrogens (primary N) is 1. The Labute approximate surface area is 180 Å². The summed E-state index contributed by atoms with van der Waals surface area (Å²) in [5.74, 6) is 0.247. The first-order chi connectivity index (χ1) is 14.8. The van der Waals surface area contributed by atoms with Crippen molar-refractivity contribution in [2.45, 2.75) is 24.5 Å². The van der Waals surface area contributed by atoms with Gasteiger partial charge >= 0.3 is 23.5 Å². The Bertz CT molecular complexity index is 1170. The molecule has 1 aliphatic rings. The number of phosphoric ester groups is 1. The second-order valence-electron chi connectivity index (χ2n) is 6.60. The first kappa shape index (κ1) is 25.1. The number of ether oxygens (including phenoxy) is 1. The van der Waals surface area contributed by atoms with Crippen molar-refractivity contribution in [1.29, 1.82) is 0 Å². The van der Waals surface area contributed by atoms with Gasteiger partial charge < -0.3 is 30.0 Å². The van der Waals surface area contributed by atoms with E-state index in [1.54, 1.807) is 12.1 Å². The average Bonchev–Trinajstić information content (AvgIpc) is 3.23. The zero-order valence-corrected chi connectivity index (χ0v) is 19.0. The lowest BCUT2D eigenvalue weighted by atomic mass is 9.97. The Morgan fingerprint density at radius 3 is 2.66 bits per heavy atom. The maximum absolute atomic E-state index is 11.9. The summed E-state index contributed by atoms with van der Waals surface area (Å²) in [7, 11) is -14.8. The van der Waals surface area contributed by atoms with E-state index in [0.717, 1.165) is 0 Å². The molecule has 0 amide bonds. The molecule has 0 spiro atoms. The highest BCUT2D eigenvalue weighted by molar-refractivity contribution is 7.66. The van der Waals surface area contributed by atoms with Crippen LogP contribution < -0.4 is 5.73 Å². The standard InChI is InChI=1S/C13H20N5O11P3/c1-15-7-13(11-3-2-10-12(14)16-8-17-18(10)11)5-4-9(27-13)6-26-31(22,23)29-32(24,25)28-30(19,20)21/h2-3,7-9H,4-6H2,1H3,(H,22,23)(H,24,25)(H2,14,16,17)(H2,19,20,21)/b15-7-/t9-,13-/m0/s1. The molecule has 32 heavy (non-hydrogen) atoms. The third-order valence-corrected chi connectivity index (χ3v) is 8.11. The van der Waals surface area contributed by atoms with Crippen molar-refractivity contribution < 1.29 is 51.2 Å². The molecule has 16 nitrogen and oxygen atoms in total. The molecule has 1 fully saturated rings. The van der Waals surface area contributed by atoms with Gasteiger partial charge in [0.05, 0.1) is 18.4 Å². The molecule has 2 aromatic heterocycles. The summed E-state index contributed by atoms with van der Waals surface area (Å²) in [6.45, 7) is -0.566. The SMILES string of the molecule is C/N=C\[C@]1(c2ccc3c(N)ncnn23)CC[C@@H](COP(=O)(O)OP(=O)(O)OP(=O)(O)O)O1. The van der Waals surface area contributed by atoms with Crippen molar-refractivity contribution in [3.8, 4) is 0 Å². The van der Waals surface area contributed by atoms with Crippen molar-refractivity contribution in [2.24, 2.45) is 4.99 Å². The number of hydrogen-bond acceptors (Lipinski definition) is 11. The second-order valence-corrected chi connectivity index (χ2v) is 11.0. The quantitative estimate of drug-likeness (QED) is 0.229. The van der Waals surface area contributed by atoms with Crippen LogP contribution in [0.25, 0.3) is 5.52 Å². The highest BCUT2D eigenvalue weighted by Crippen LogP contribution is 2.66. The van der Waals surface area contributed by atoms with E-state index in [0.29, 0.717) is 24.1 Å². The minimum Gasteiger partial charge on any atom is -0.382 e. The molecule has 0 aromatic carbocycles. The fourth-order valence-corrected chi connectivity index (χ4v) is 6.27. The number of phosphoric acid groups is 3. The minimum absolute atomic E-state index is 0.247. The molecule has 1 saturated heterocycles. The summed E-state index contributed by atoms with van der Waals surface area (Å²) in [5.41, 5.74) is 5.86. The van der Waals surface area contributed by atoms with Crippen molar-refractivity contribution in [3.05, 3.63) is 24.2 Å². The molecule has 0 saturated carbocycles. The van der Waals surface area contributed by atoms with Crippen LogP contribution in [0, 0.1) is 0 Å². The van der Waals surface area contributed by atoms with Gasteiger partial charge in [0.15, 0.2) is 5.82 Å². The number of anilines is 1. The molecular formula is C13H20N5O11P3. The molecule has 2 aromatic rings. The molecule has 0 radical (unpaired) electrons. The molecule has 19 heteroatoms. The van der Waals surface area contributed by atoms with E-state index in [1.807, 2.05) is 0 Å². The molecule has 6 N–H and O–H groups in total. The van der Waals surface area contributed by atoms with E-state index >= 15 is 0 Å². The first-order valence-corrected chi connectivity index (χ1v) is 13.3. The number of nitrogens with zero attached hydrogens (tertiary/aromatic N) is 4. The van der Waals surface area contributed by atoms with Crippen LogP contribution in [-0.4, -0.2) is 60.1 Å². The van der Waals surface area contributed by atoms with E-state index < -0.39 is 41.8 Å². The van der Waals surface area contributed by atoms with Gasteiger partial charge in [0.2, 0.25) is 0 Å². The highest BCUT2D eigenvalue weighted by atomic mass is 31.3. The van der Waals surface area contributed by atoms with Crippen LogP contribution in [0.5, 0.6) is 0 Å². The number of hydrogen-bond donors (Lipinski definition) is 5. The topological polar surface area (TPSA) is 238 Å². The van der Waals surface area contributed by atoms with Crippen LogP contribution in [-0.2, 0) is 37.2 Å². The summed E-state index contributed by atoms with van der Waals surface area (Å²) >= 11 is 0. The molecule has 1 aliphatic heterocycles. The molecule has 0 bridgehead atoms. The third-order valence-electron chi connectivity index (χ3n) is 4.31. The molecule has 4 atom stereocenters. The van der Waals surface area contributed by atoms with Crippen LogP contribution in [0.15, 0.2) is 23.5 Å². The normalized spacial score (nSPS) is 25.8. The van der Waals surface area contributed by atoms with E-state index in [1.165, 1.54) is 24.1 Å². The molecule has 2 unspecified atom stereocenters. The lowest BCUT2D eigenvalue weighted by molar-refractivity contribution is -0.0222. The Kier molecular flexibility index (Phi) is 7.06. The first-order valence-electron chi connectivity index (χ1n) is 8.74. The summed E-state index contributed by atoms with van der Waals surface area (Å²) in [5, 5.41) is 4.17. The van der Waals surface area contributed by atoms with Crippen LogP contribution >= 0.6 is 23.5 Å². The maximum Gasteiger partial charge on any atom is 0.490 e. The smallest absolute Gasteiger partial charge is 0.382 e. The Balaban J connectivity index is 1.73. The Morgan fingerprint density at radius 2 is 2.00 bits per heavy atom. The highest BCUT2D eigenvalue weighted by Gasteiger charge is 2.45. The fraction of sp³-hybridized carbons (Fsp3) is 0.462. The van der Waals surface area contributed by atoms with E-state index in [4.69, 9.17) is 20.3 Å².